The van der Waals surface area contributed by atoms with Crippen LogP contribution in [0.5, 0.6) is 5.75 Å². The molecule has 1 spiro atoms. The van der Waals surface area contributed by atoms with E-state index in [-0.39, 0.29) is 16.2 Å². The predicted octanol–water partition coefficient (Wildman–Crippen LogP) is 8.93. The topological polar surface area (TPSA) is 33.4 Å². The molecule has 0 aliphatic heterocycles. The molecule has 6 rings (SSSR count). The Balaban J connectivity index is 1.71. The summed E-state index contributed by atoms with van der Waals surface area (Å²) < 4.78 is 5.71. The van der Waals surface area contributed by atoms with Gasteiger partial charge in [0.25, 0.3) is 0 Å². The van der Waals surface area contributed by atoms with Gasteiger partial charge < -0.3 is 9.52 Å². The molecule has 174 valence electrons. The van der Waals surface area contributed by atoms with Gasteiger partial charge in [0.2, 0.25) is 0 Å². The summed E-state index contributed by atoms with van der Waals surface area (Å²) in [7, 11) is 0. The van der Waals surface area contributed by atoms with Crippen molar-refractivity contribution in [3.8, 4) is 28.2 Å². The maximum Gasteiger partial charge on any atom is 0.134 e. The summed E-state index contributed by atoms with van der Waals surface area (Å²) in [4.78, 5) is 0. The van der Waals surface area contributed by atoms with Crippen molar-refractivity contribution in [2.24, 2.45) is 10.8 Å². The Morgan fingerprint density at radius 3 is 2.18 bits per heavy atom. The fourth-order valence-electron chi connectivity index (χ4n) is 7.84. The second kappa shape index (κ2) is 6.78. The highest BCUT2D eigenvalue weighted by atomic mass is 16.3. The fraction of sp³-hybridized carbons (Fsp3) is 0.375. The molecule has 2 nitrogen and oxygen atoms in total. The van der Waals surface area contributed by atoms with Crippen LogP contribution in [0, 0.1) is 24.7 Å². The lowest BCUT2D eigenvalue weighted by molar-refractivity contribution is 0.0645. The van der Waals surface area contributed by atoms with Gasteiger partial charge in [-0.25, -0.2) is 0 Å². The molecular formula is C32H34O2. The van der Waals surface area contributed by atoms with Gasteiger partial charge in [-0.05, 0) is 107 Å². The summed E-state index contributed by atoms with van der Waals surface area (Å²) in [5, 5.41) is 13.5. The molecule has 0 saturated heterocycles. The molecule has 2 heteroatoms. The van der Waals surface area contributed by atoms with Crippen molar-refractivity contribution >= 4 is 10.8 Å². The summed E-state index contributed by atoms with van der Waals surface area (Å²) in [6.45, 7) is 14.0. The van der Waals surface area contributed by atoms with E-state index in [9.17, 15) is 5.11 Å². The summed E-state index contributed by atoms with van der Waals surface area (Å²) in [5.41, 5.74) is 9.25. The van der Waals surface area contributed by atoms with Crippen LogP contribution < -0.4 is 0 Å². The van der Waals surface area contributed by atoms with Crippen LogP contribution in [0.2, 0.25) is 0 Å². The molecular weight excluding hydrogens is 416 g/mol. The average molecular weight is 451 g/mol. The minimum Gasteiger partial charge on any atom is -0.507 e. The lowest BCUT2D eigenvalue weighted by Gasteiger charge is -2.51. The molecule has 1 aromatic heterocycles. The van der Waals surface area contributed by atoms with Crippen LogP contribution in [0.3, 0.4) is 0 Å². The minimum atomic E-state index is -0.0821. The van der Waals surface area contributed by atoms with E-state index in [4.69, 9.17) is 4.42 Å². The molecule has 3 aromatic carbocycles. The highest BCUT2D eigenvalue weighted by molar-refractivity contribution is 6.07. The molecule has 2 aliphatic carbocycles. The molecule has 1 N–H and O–H groups in total. The molecule has 0 bridgehead atoms. The Morgan fingerprint density at radius 1 is 0.765 bits per heavy atom. The Bertz CT molecular complexity index is 1430. The zero-order valence-corrected chi connectivity index (χ0v) is 21.2. The van der Waals surface area contributed by atoms with Crippen LogP contribution in [0.15, 0.2) is 59.2 Å². The fourth-order valence-corrected chi connectivity index (χ4v) is 7.84. The first-order valence-corrected chi connectivity index (χ1v) is 12.5. The molecule has 1 saturated carbocycles. The SMILES string of the molecule is Cc1ccc2c(c1)C1(CC(C)(C)CC(C)(C)C1)c1cc(O)c3cc(-c4ccco4)c(C)cc3c1-2. The summed E-state index contributed by atoms with van der Waals surface area (Å²) in [5.74, 6) is 1.20. The van der Waals surface area contributed by atoms with Gasteiger partial charge in [-0.1, -0.05) is 51.5 Å². The van der Waals surface area contributed by atoms with Crippen LogP contribution >= 0.6 is 0 Å². The molecule has 0 amide bonds. The van der Waals surface area contributed by atoms with Gasteiger partial charge in [0.1, 0.15) is 11.5 Å². The first kappa shape index (κ1) is 21.5. The van der Waals surface area contributed by atoms with Crippen LogP contribution in [0.1, 0.15) is 69.2 Å². The first-order valence-electron chi connectivity index (χ1n) is 12.5. The molecule has 4 aromatic rings. The predicted molar refractivity (Wildman–Crippen MR) is 140 cm³/mol. The van der Waals surface area contributed by atoms with Crippen molar-refractivity contribution in [2.75, 3.05) is 0 Å². The van der Waals surface area contributed by atoms with E-state index in [1.165, 1.54) is 34.2 Å². The van der Waals surface area contributed by atoms with Crippen LogP contribution in [0.25, 0.3) is 33.2 Å². The van der Waals surface area contributed by atoms with Crippen LogP contribution in [-0.4, -0.2) is 5.11 Å². The molecule has 0 unspecified atom stereocenters. The van der Waals surface area contributed by atoms with Gasteiger partial charge >= 0.3 is 0 Å². The lowest BCUT2D eigenvalue weighted by Crippen LogP contribution is -2.43. The number of hydrogen-bond acceptors (Lipinski definition) is 2. The summed E-state index contributed by atoms with van der Waals surface area (Å²) >= 11 is 0. The quantitative estimate of drug-likeness (QED) is 0.314. The maximum absolute atomic E-state index is 11.4. The third kappa shape index (κ3) is 3.00. The van der Waals surface area contributed by atoms with Crippen LogP contribution in [0.4, 0.5) is 0 Å². The standard InChI is InChI=1S/C32H34O2/c1-19-9-10-21-25(12-19)32(17-30(3,4)16-31(5,6)18-32)26-15-27(33)23-14-22(28-8-7-11-34-28)20(2)13-24(23)29(21)26/h7-15,33H,16-18H2,1-6H3. The van der Waals surface area contributed by atoms with E-state index in [2.05, 4.69) is 77.9 Å². The number of phenolic OH excluding ortho intramolecular Hbond substituents is 1. The molecule has 0 radical (unpaired) electrons. The van der Waals surface area contributed by atoms with Gasteiger partial charge in [0, 0.05) is 16.4 Å². The summed E-state index contributed by atoms with van der Waals surface area (Å²) in [6.07, 6.45) is 5.11. The highest BCUT2D eigenvalue weighted by Crippen LogP contribution is 2.65. The van der Waals surface area contributed by atoms with Crippen molar-refractivity contribution in [3.05, 3.63) is 77.0 Å². The minimum absolute atomic E-state index is 0.0821. The highest BCUT2D eigenvalue weighted by Gasteiger charge is 2.53. The zero-order valence-electron chi connectivity index (χ0n) is 21.2. The number of aryl methyl sites for hydroxylation is 2. The van der Waals surface area contributed by atoms with E-state index in [1.54, 1.807) is 6.26 Å². The van der Waals surface area contributed by atoms with Gasteiger partial charge in [-0.2, -0.15) is 0 Å². The second-order valence-corrected chi connectivity index (χ2v) is 12.5. The number of hydrogen-bond donors (Lipinski definition) is 1. The Morgan fingerprint density at radius 2 is 1.50 bits per heavy atom. The Labute approximate surface area is 202 Å². The molecule has 1 fully saturated rings. The largest absolute Gasteiger partial charge is 0.507 e. The van der Waals surface area contributed by atoms with E-state index in [0.29, 0.717) is 5.75 Å². The molecule has 1 heterocycles. The van der Waals surface area contributed by atoms with E-state index in [1.807, 2.05) is 12.1 Å². The second-order valence-electron chi connectivity index (χ2n) is 12.5. The monoisotopic (exact) mass is 450 g/mol. The van der Waals surface area contributed by atoms with Crippen molar-refractivity contribution in [1.82, 2.24) is 0 Å². The van der Waals surface area contributed by atoms with Crippen LogP contribution in [-0.2, 0) is 5.41 Å². The average Bonchev–Trinajstić information content (AvgIpc) is 3.32. The first-order chi connectivity index (χ1) is 16.0. The third-order valence-electron chi connectivity index (χ3n) is 8.24. The van der Waals surface area contributed by atoms with Crippen molar-refractivity contribution < 1.29 is 9.52 Å². The molecule has 2 aliphatic rings. The van der Waals surface area contributed by atoms with E-state index >= 15 is 0 Å². The normalized spacial score (nSPS) is 19.4. The van der Waals surface area contributed by atoms with Gasteiger partial charge in [0.15, 0.2) is 0 Å². The number of phenols is 1. The number of rotatable bonds is 1. The van der Waals surface area contributed by atoms with Crippen molar-refractivity contribution in [3.63, 3.8) is 0 Å². The number of furan rings is 1. The smallest absolute Gasteiger partial charge is 0.134 e. The zero-order chi connectivity index (χ0) is 24.0. The molecule has 0 atom stereocenters. The summed E-state index contributed by atoms with van der Waals surface area (Å²) in [6, 6.07) is 17.3. The van der Waals surface area contributed by atoms with Gasteiger partial charge in [0.05, 0.1) is 6.26 Å². The van der Waals surface area contributed by atoms with Gasteiger partial charge in [-0.3, -0.25) is 0 Å². The molecule has 34 heavy (non-hydrogen) atoms. The Kier molecular flexibility index (Phi) is 4.29. The Hall–Kier alpha value is -3.00. The number of benzene rings is 3. The number of fused-ring (bicyclic) bond motifs is 7. The van der Waals surface area contributed by atoms with E-state index < -0.39 is 0 Å². The van der Waals surface area contributed by atoms with Crippen molar-refractivity contribution in [2.45, 2.75) is 66.2 Å². The van der Waals surface area contributed by atoms with E-state index in [0.717, 1.165) is 40.5 Å². The van der Waals surface area contributed by atoms with Crippen molar-refractivity contribution in [1.29, 1.82) is 0 Å². The van der Waals surface area contributed by atoms with Gasteiger partial charge in [-0.15, -0.1) is 0 Å². The maximum atomic E-state index is 11.4. The third-order valence-corrected chi connectivity index (χ3v) is 8.24. The number of aromatic hydroxyl groups is 1. The lowest BCUT2D eigenvalue weighted by atomic mass is 9.52.